The highest BCUT2D eigenvalue weighted by molar-refractivity contribution is 5.98. The first-order chi connectivity index (χ1) is 9.49. The van der Waals surface area contributed by atoms with E-state index in [2.05, 4.69) is 5.32 Å². The highest BCUT2D eigenvalue weighted by Gasteiger charge is 2.22. The van der Waals surface area contributed by atoms with Gasteiger partial charge in [0, 0.05) is 24.3 Å². The standard InChI is InChI=1S/C15H21N3O2.ClH/c1-10(2)14(16)15(20)17-11-5-3-6-12(9-11)18-8-4-7-13(18)19;/h3,5-6,9-10,14H,4,7-8,16H2,1-2H3,(H,17,20);1H/t14-;/m1./s1. The smallest absolute Gasteiger partial charge is 0.241 e. The van der Waals surface area contributed by atoms with Crippen molar-refractivity contribution in [1.29, 1.82) is 0 Å². The molecule has 1 heterocycles. The van der Waals surface area contributed by atoms with Crippen LogP contribution in [0.25, 0.3) is 0 Å². The molecule has 3 N–H and O–H groups in total. The van der Waals surface area contributed by atoms with Gasteiger partial charge in [0.15, 0.2) is 0 Å². The van der Waals surface area contributed by atoms with Gasteiger partial charge in [-0.3, -0.25) is 9.59 Å². The summed E-state index contributed by atoms with van der Waals surface area (Å²) >= 11 is 0. The van der Waals surface area contributed by atoms with E-state index >= 15 is 0 Å². The molecule has 2 rings (SSSR count). The Morgan fingerprint density at radius 2 is 2.10 bits per heavy atom. The predicted octanol–water partition coefficient (Wildman–Crippen LogP) is 2.16. The number of anilines is 2. The molecule has 1 fully saturated rings. The molecule has 0 radical (unpaired) electrons. The first-order valence-corrected chi connectivity index (χ1v) is 6.96. The fourth-order valence-corrected chi connectivity index (χ4v) is 2.20. The van der Waals surface area contributed by atoms with Crippen molar-refractivity contribution in [3.05, 3.63) is 24.3 Å². The van der Waals surface area contributed by atoms with Gasteiger partial charge in [-0.25, -0.2) is 0 Å². The molecule has 1 aromatic rings. The zero-order chi connectivity index (χ0) is 14.7. The summed E-state index contributed by atoms with van der Waals surface area (Å²) in [5, 5.41) is 2.80. The summed E-state index contributed by atoms with van der Waals surface area (Å²) in [6.45, 7) is 4.55. The number of carbonyl (C=O) groups is 2. The zero-order valence-corrected chi connectivity index (χ0v) is 13.2. The van der Waals surface area contributed by atoms with Crippen molar-refractivity contribution < 1.29 is 9.59 Å². The lowest BCUT2D eigenvalue weighted by molar-refractivity contribution is -0.118. The highest BCUT2D eigenvalue weighted by atomic mass is 35.5. The molecule has 1 aliphatic heterocycles. The Morgan fingerprint density at radius 3 is 2.67 bits per heavy atom. The predicted molar refractivity (Wildman–Crippen MR) is 86.7 cm³/mol. The molecule has 1 saturated heterocycles. The Morgan fingerprint density at radius 1 is 1.38 bits per heavy atom. The second kappa shape index (κ2) is 7.43. The molecule has 0 aliphatic carbocycles. The Kier molecular flexibility index (Phi) is 6.18. The van der Waals surface area contributed by atoms with Crippen LogP contribution in [-0.2, 0) is 9.59 Å². The highest BCUT2D eigenvalue weighted by Crippen LogP contribution is 2.24. The molecule has 2 amide bonds. The van der Waals surface area contributed by atoms with Crippen LogP contribution in [0.4, 0.5) is 11.4 Å². The Hall–Kier alpha value is -1.59. The number of benzene rings is 1. The van der Waals surface area contributed by atoms with Crippen molar-refractivity contribution in [2.24, 2.45) is 11.7 Å². The van der Waals surface area contributed by atoms with Gasteiger partial charge >= 0.3 is 0 Å². The topological polar surface area (TPSA) is 75.4 Å². The van der Waals surface area contributed by atoms with E-state index in [9.17, 15) is 9.59 Å². The Bertz CT molecular complexity index is 519. The molecule has 0 unspecified atom stereocenters. The summed E-state index contributed by atoms with van der Waals surface area (Å²) in [6, 6.07) is 6.79. The van der Waals surface area contributed by atoms with E-state index in [1.165, 1.54) is 0 Å². The number of hydrogen-bond donors (Lipinski definition) is 2. The van der Waals surface area contributed by atoms with Crippen LogP contribution >= 0.6 is 12.4 Å². The van der Waals surface area contributed by atoms with Gasteiger partial charge in [-0.05, 0) is 30.5 Å². The van der Waals surface area contributed by atoms with Crippen molar-refractivity contribution in [2.45, 2.75) is 32.7 Å². The van der Waals surface area contributed by atoms with Gasteiger partial charge < -0.3 is 16.0 Å². The van der Waals surface area contributed by atoms with E-state index in [1.54, 1.807) is 11.0 Å². The number of hydrogen-bond acceptors (Lipinski definition) is 3. The molecule has 6 heteroatoms. The van der Waals surface area contributed by atoms with E-state index in [4.69, 9.17) is 5.73 Å². The van der Waals surface area contributed by atoms with Crippen LogP contribution in [0.15, 0.2) is 24.3 Å². The summed E-state index contributed by atoms with van der Waals surface area (Å²) in [5.41, 5.74) is 7.31. The summed E-state index contributed by atoms with van der Waals surface area (Å²) in [7, 11) is 0. The molecule has 0 aromatic heterocycles. The molecule has 1 aliphatic rings. The van der Waals surface area contributed by atoms with Crippen LogP contribution in [0.1, 0.15) is 26.7 Å². The second-order valence-corrected chi connectivity index (χ2v) is 5.46. The maximum atomic E-state index is 11.9. The minimum atomic E-state index is -0.535. The number of carbonyl (C=O) groups excluding carboxylic acids is 2. The lowest BCUT2D eigenvalue weighted by Crippen LogP contribution is -2.39. The van der Waals surface area contributed by atoms with Crippen molar-refractivity contribution in [1.82, 2.24) is 0 Å². The van der Waals surface area contributed by atoms with Crippen LogP contribution in [0.5, 0.6) is 0 Å². The molecule has 0 bridgehead atoms. The number of amides is 2. The van der Waals surface area contributed by atoms with Crippen LogP contribution in [0, 0.1) is 5.92 Å². The van der Waals surface area contributed by atoms with E-state index < -0.39 is 6.04 Å². The molecular formula is C15H22ClN3O2. The van der Waals surface area contributed by atoms with Gasteiger partial charge in [0.05, 0.1) is 6.04 Å². The number of rotatable bonds is 4. The molecule has 1 atom stereocenters. The minimum Gasteiger partial charge on any atom is -0.325 e. The summed E-state index contributed by atoms with van der Waals surface area (Å²) in [4.78, 5) is 25.4. The second-order valence-electron chi connectivity index (χ2n) is 5.46. The largest absolute Gasteiger partial charge is 0.325 e. The number of nitrogens with one attached hydrogen (secondary N) is 1. The molecule has 0 saturated carbocycles. The SMILES string of the molecule is CC(C)[C@@H](N)C(=O)Nc1cccc(N2CCCC2=O)c1.Cl. The molecule has 1 aromatic carbocycles. The van der Waals surface area contributed by atoms with Crippen LogP contribution < -0.4 is 16.0 Å². The van der Waals surface area contributed by atoms with Gasteiger partial charge in [0.25, 0.3) is 0 Å². The van der Waals surface area contributed by atoms with Crippen molar-refractivity contribution in [3.63, 3.8) is 0 Å². The van der Waals surface area contributed by atoms with Crippen molar-refractivity contribution >= 4 is 35.6 Å². The lowest BCUT2D eigenvalue weighted by Gasteiger charge is -2.18. The van der Waals surface area contributed by atoms with Gasteiger partial charge in [-0.2, -0.15) is 0 Å². The maximum absolute atomic E-state index is 11.9. The quantitative estimate of drug-likeness (QED) is 0.894. The van der Waals surface area contributed by atoms with Gasteiger partial charge in [0.2, 0.25) is 11.8 Å². The average Bonchev–Trinajstić information content (AvgIpc) is 2.84. The molecule has 116 valence electrons. The van der Waals surface area contributed by atoms with Crippen LogP contribution in [-0.4, -0.2) is 24.4 Å². The molecular weight excluding hydrogens is 290 g/mol. The molecule has 0 spiro atoms. The molecule has 21 heavy (non-hydrogen) atoms. The lowest BCUT2D eigenvalue weighted by atomic mass is 10.0. The summed E-state index contributed by atoms with van der Waals surface area (Å²) in [5.74, 6) is 0.00981. The Labute approximate surface area is 131 Å². The molecule has 5 nitrogen and oxygen atoms in total. The fourth-order valence-electron chi connectivity index (χ4n) is 2.20. The third-order valence-corrected chi connectivity index (χ3v) is 3.52. The van der Waals surface area contributed by atoms with Crippen LogP contribution in [0.2, 0.25) is 0 Å². The third kappa shape index (κ3) is 4.19. The summed E-state index contributed by atoms with van der Waals surface area (Å²) < 4.78 is 0. The number of halogens is 1. The van der Waals surface area contributed by atoms with Gasteiger partial charge in [0.1, 0.15) is 0 Å². The normalized spacial score (nSPS) is 15.8. The van der Waals surface area contributed by atoms with E-state index in [-0.39, 0.29) is 30.1 Å². The van der Waals surface area contributed by atoms with E-state index in [0.717, 1.165) is 18.7 Å². The first kappa shape index (κ1) is 17.5. The maximum Gasteiger partial charge on any atom is 0.241 e. The Balaban J connectivity index is 0.00000220. The first-order valence-electron chi connectivity index (χ1n) is 6.96. The average molecular weight is 312 g/mol. The zero-order valence-electron chi connectivity index (χ0n) is 12.3. The van der Waals surface area contributed by atoms with Crippen molar-refractivity contribution in [2.75, 3.05) is 16.8 Å². The number of nitrogens with zero attached hydrogens (tertiary/aromatic N) is 1. The summed E-state index contributed by atoms with van der Waals surface area (Å²) in [6.07, 6.45) is 1.47. The van der Waals surface area contributed by atoms with Gasteiger partial charge in [-0.15, -0.1) is 12.4 Å². The third-order valence-electron chi connectivity index (χ3n) is 3.52. The van der Waals surface area contributed by atoms with Crippen molar-refractivity contribution in [3.8, 4) is 0 Å². The van der Waals surface area contributed by atoms with E-state index in [0.29, 0.717) is 12.1 Å². The fraction of sp³-hybridized carbons (Fsp3) is 0.467. The van der Waals surface area contributed by atoms with E-state index in [1.807, 2.05) is 32.0 Å². The van der Waals surface area contributed by atoms with Gasteiger partial charge in [-0.1, -0.05) is 19.9 Å². The number of nitrogens with two attached hydrogens (primary N) is 1. The van der Waals surface area contributed by atoms with Crippen LogP contribution in [0.3, 0.4) is 0 Å². The minimum absolute atomic E-state index is 0. The monoisotopic (exact) mass is 311 g/mol.